The van der Waals surface area contributed by atoms with Crippen LogP contribution >= 0.6 is 31.3 Å². The molecule has 0 rings (SSSR count). The molecular formula is C12H26O23P4. The van der Waals surface area contributed by atoms with E-state index in [0.29, 0.717) is 0 Å². The predicted molar refractivity (Wildman–Crippen MR) is 115 cm³/mol. The van der Waals surface area contributed by atoms with Crippen LogP contribution in [0.4, 0.5) is 0 Å². The number of carbonyl (C=O) groups excluding carboxylic acids is 2. The van der Waals surface area contributed by atoms with Gasteiger partial charge in [0.15, 0.2) is 23.8 Å². The highest BCUT2D eigenvalue weighted by molar-refractivity contribution is 7.47. The zero-order valence-corrected chi connectivity index (χ0v) is 22.5. The van der Waals surface area contributed by atoms with Crippen molar-refractivity contribution in [3.63, 3.8) is 0 Å². The van der Waals surface area contributed by atoms with Gasteiger partial charge in [-0.2, -0.15) is 0 Å². The summed E-state index contributed by atoms with van der Waals surface area (Å²) in [5, 5.41) is 47.8. The lowest BCUT2D eigenvalue weighted by atomic mass is 10.1. The first-order chi connectivity index (χ1) is 17.4. The van der Waals surface area contributed by atoms with Crippen LogP contribution in [0.25, 0.3) is 0 Å². The molecular weight excluding hydrogens is 636 g/mol. The van der Waals surface area contributed by atoms with E-state index < -0.39 is 106 Å². The molecule has 232 valence electrons. The van der Waals surface area contributed by atoms with Crippen molar-refractivity contribution in [3.05, 3.63) is 0 Å². The molecule has 0 spiro atoms. The first kappa shape index (κ1) is 38.6. The quantitative estimate of drug-likeness (QED) is 0.0542. The molecule has 0 aliphatic heterocycles. The molecule has 39 heavy (non-hydrogen) atoms. The zero-order valence-electron chi connectivity index (χ0n) is 18.9. The van der Waals surface area contributed by atoms with Crippen molar-refractivity contribution in [2.45, 2.75) is 36.6 Å². The third kappa shape index (κ3) is 16.6. The summed E-state index contributed by atoms with van der Waals surface area (Å²) >= 11 is 0. The summed E-state index contributed by atoms with van der Waals surface area (Å²) in [5.74, 6) is -3.58. The number of phosphoric acid groups is 4. The Hall–Kier alpha value is -0.420. The van der Waals surface area contributed by atoms with Gasteiger partial charge < -0.3 is 59.8 Å². The second kappa shape index (κ2) is 15.7. The van der Waals surface area contributed by atoms with Crippen molar-refractivity contribution in [1.82, 2.24) is 0 Å². The molecule has 0 saturated heterocycles. The number of carbonyl (C=O) groups is 2. The molecule has 0 aliphatic rings. The van der Waals surface area contributed by atoms with Crippen molar-refractivity contribution in [3.8, 4) is 0 Å². The molecule has 0 aromatic heterocycles. The highest BCUT2D eigenvalue weighted by Gasteiger charge is 2.42. The minimum Gasteiger partial charge on any atom is -0.394 e. The molecule has 7 atom stereocenters. The first-order valence-electron chi connectivity index (χ1n) is 9.57. The van der Waals surface area contributed by atoms with Gasteiger partial charge in [0, 0.05) is 0 Å². The second-order valence-corrected chi connectivity index (χ2v) is 12.1. The summed E-state index contributed by atoms with van der Waals surface area (Å²) < 4.78 is 65.0. The van der Waals surface area contributed by atoms with E-state index in [-0.39, 0.29) is 0 Å². The van der Waals surface area contributed by atoms with Gasteiger partial charge in [0.1, 0.15) is 37.6 Å². The predicted octanol–water partition coefficient (Wildman–Crippen LogP) is -5.24. The van der Waals surface area contributed by atoms with Gasteiger partial charge in [-0.15, -0.1) is 0 Å². The van der Waals surface area contributed by atoms with Crippen molar-refractivity contribution < 1.29 is 110 Å². The lowest BCUT2D eigenvalue weighted by Crippen LogP contribution is -2.47. The number of Topliss-reactive ketones (excluding diaryl/α,β-unsaturated/α-hetero) is 2. The summed E-state index contributed by atoms with van der Waals surface area (Å²) in [6.07, 6.45) is -15.6. The topological polar surface area (TPSA) is 391 Å². The second-order valence-electron chi connectivity index (χ2n) is 7.07. The Bertz CT molecular complexity index is 997. The number of hydrogen-bond acceptors (Lipinski definition) is 16. The van der Waals surface area contributed by atoms with E-state index in [0.717, 1.165) is 0 Å². The Morgan fingerprint density at radius 2 is 1.00 bits per heavy atom. The molecule has 12 N–H and O–H groups in total. The standard InChI is InChI=1S/C12H26O23P4/c13-1-5(14)9(18)11(34-38(26,27)28)8(17)4-33-39(29,30)35-12(7(16)3-32-37(23,24)25)10(19)6(15)2-31-36(20,21)22/h5-6,9-15,18-19H,1-4H2,(H,29,30)(H2,20,21,22)(H2,23,24,25)(H2,26,27,28)/t5-,6-,9-,10-,11-,12-/m1/s1. The zero-order chi connectivity index (χ0) is 31.0. The number of ketones is 2. The van der Waals surface area contributed by atoms with E-state index in [4.69, 9.17) is 34.5 Å². The highest BCUT2D eigenvalue weighted by Crippen LogP contribution is 2.46. The lowest BCUT2D eigenvalue weighted by Gasteiger charge is -2.28. The fraction of sp³-hybridized carbons (Fsp3) is 0.833. The summed E-state index contributed by atoms with van der Waals surface area (Å²) in [5.41, 5.74) is 0. The maximum Gasteiger partial charge on any atom is 0.473 e. The maximum atomic E-state index is 12.3. The van der Waals surface area contributed by atoms with Crippen molar-refractivity contribution in [2.24, 2.45) is 0 Å². The maximum absolute atomic E-state index is 12.3. The minimum atomic E-state index is -5.82. The Morgan fingerprint density at radius 1 is 0.590 bits per heavy atom. The molecule has 0 bridgehead atoms. The van der Waals surface area contributed by atoms with Gasteiger partial charge in [-0.3, -0.25) is 32.2 Å². The number of hydrogen-bond donors (Lipinski definition) is 12. The molecule has 27 heteroatoms. The number of aliphatic hydroxyl groups excluding tert-OH is 5. The fourth-order valence-corrected chi connectivity index (χ4v) is 4.25. The first-order valence-corrected chi connectivity index (χ1v) is 15.7. The lowest BCUT2D eigenvalue weighted by molar-refractivity contribution is -0.144. The molecule has 0 aliphatic carbocycles. The third-order valence-electron chi connectivity index (χ3n) is 3.89. The van der Waals surface area contributed by atoms with Gasteiger partial charge in [0.2, 0.25) is 0 Å². The van der Waals surface area contributed by atoms with Crippen molar-refractivity contribution >= 4 is 42.9 Å². The molecule has 0 saturated carbocycles. The van der Waals surface area contributed by atoms with Crippen LogP contribution < -0.4 is 0 Å². The molecule has 23 nitrogen and oxygen atoms in total. The molecule has 0 radical (unpaired) electrons. The fourth-order valence-electron chi connectivity index (χ4n) is 2.19. The van der Waals surface area contributed by atoms with Crippen molar-refractivity contribution in [2.75, 3.05) is 26.4 Å². The van der Waals surface area contributed by atoms with Crippen molar-refractivity contribution in [1.29, 1.82) is 0 Å². The normalized spacial score (nSPS) is 19.4. The van der Waals surface area contributed by atoms with Crippen LogP contribution in [0.1, 0.15) is 0 Å². The van der Waals surface area contributed by atoms with Crippen LogP contribution in [-0.4, -0.2) is 134 Å². The molecule has 1 unspecified atom stereocenters. The average Bonchev–Trinajstić information content (AvgIpc) is 2.78. The molecule has 0 amide bonds. The van der Waals surface area contributed by atoms with E-state index in [9.17, 15) is 53.2 Å². The van der Waals surface area contributed by atoms with Gasteiger partial charge in [-0.25, -0.2) is 18.3 Å². The molecule has 0 aromatic carbocycles. The summed E-state index contributed by atoms with van der Waals surface area (Å²) in [4.78, 5) is 86.6. The van der Waals surface area contributed by atoms with Gasteiger partial charge in [0.05, 0.1) is 13.2 Å². The summed E-state index contributed by atoms with van der Waals surface area (Å²) in [6, 6.07) is 0. The minimum absolute atomic E-state index is 1.26. The Kier molecular flexibility index (Phi) is 15.5. The largest absolute Gasteiger partial charge is 0.473 e. The van der Waals surface area contributed by atoms with Gasteiger partial charge >= 0.3 is 31.3 Å². The smallest absolute Gasteiger partial charge is 0.394 e. The Morgan fingerprint density at radius 3 is 1.41 bits per heavy atom. The number of phosphoric ester groups is 4. The van der Waals surface area contributed by atoms with Gasteiger partial charge in [-0.1, -0.05) is 0 Å². The van der Waals surface area contributed by atoms with Crippen LogP contribution in [-0.2, 0) is 50.5 Å². The molecule has 0 aromatic rings. The van der Waals surface area contributed by atoms with Crippen LogP contribution in [0.15, 0.2) is 0 Å². The van der Waals surface area contributed by atoms with Crippen LogP contribution in [0, 0.1) is 0 Å². The van der Waals surface area contributed by atoms with Crippen LogP contribution in [0.2, 0.25) is 0 Å². The van der Waals surface area contributed by atoms with Gasteiger partial charge in [-0.05, 0) is 0 Å². The van der Waals surface area contributed by atoms with Crippen LogP contribution in [0.3, 0.4) is 0 Å². The average molecular weight is 662 g/mol. The van der Waals surface area contributed by atoms with E-state index in [1.165, 1.54) is 0 Å². The highest BCUT2D eigenvalue weighted by atomic mass is 31.2. The number of aliphatic hydroxyl groups is 5. The Balaban J connectivity index is 5.79. The van der Waals surface area contributed by atoms with Crippen LogP contribution in [0.5, 0.6) is 0 Å². The summed E-state index contributed by atoms with van der Waals surface area (Å²) in [6.45, 7) is -6.13. The van der Waals surface area contributed by atoms with E-state index >= 15 is 0 Å². The monoisotopic (exact) mass is 662 g/mol. The molecule has 0 fully saturated rings. The number of rotatable bonds is 20. The third-order valence-corrected chi connectivity index (χ3v) is 6.29. The van der Waals surface area contributed by atoms with E-state index in [2.05, 4.69) is 22.6 Å². The Labute approximate surface area is 216 Å². The van der Waals surface area contributed by atoms with Gasteiger partial charge in [0.25, 0.3) is 0 Å². The molecule has 0 heterocycles. The SMILES string of the molecule is O=C(COP(=O)(O)O[C@H](C(=O)COP(=O)(O)O)[C@H](O)[C@H](O)COP(=O)(O)O)[C@@H](OP(=O)(O)O)[C@H](O)[C@H](O)CO. The summed E-state index contributed by atoms with van der Waals surface area (Å²) in [7, 11) is -22.0. The van der Waals surface area contributed by atoms with E-state index in [1.54, 1.807) is 0 Å². The van der Waals surface area contributed by atoms with E-state index in [1.807, 2.05) is 0 Å².